The average molecular weight is 327 g/mol. The number of aliphatic hydroxyl groups excluding tert-OH is 3. The molecule has 2 aromatic heterocycles. The van der Waals surface area contributed by atoms with Crippen molar-refractivity contribution in [1.82, 2.24) is 19.5 Å². The number of ether oxygens (including phenoxy) is 1. The molecular weight excluding hydrogens is 310 g/mol. The second-order valence-electron chi connectivity index (χ2n) is 4.93. The van der Waals surface area contributed by atoms with Gasteiger partial charge in [-0.2, -0.15) is 11.8 Å². The summed E-state index contributed by atoms with van der Waals surface area (Å²) in [7, 11) is 0. The highest BCUT2D eigenvalue weighted by Gasteiger charge is 2.44. The lowest BCUT2D eigenvalue weighted by Crippen LogP contribution is -2.32. The Morgan fingerprint density at radius 1 is 1.27 bits per heavy atom. The summed E-state index contributed by atoms with van der Waals surface area (Å²) in [6, 6.07) is 0. The van der Waals surface area contributed by atoms with Crippen LogP contribution in [0.4, 0.5) is 5.82 Å². The van der Waals surface area contributed by atoms with Crippen LogP contribution in [0, 0.1) is 0 Å². The largest absolute Gasteiger partial charge is 0.396 e. The van der Waals surface area contributed by atoms with E-state index in [1.807, 2.05) is 0 Å². The van der Waals surface area contributed by atoms with Crippen LogP contribution in [-0.4, -0.2) is 71.3 Å². The Balaban J connectivity index is 1.83. The van der Waals surface area contributed by atoms with E-state index >= 15 is 0 Å². The van der Waals surface area contributed by atoms with Gasteiger partial charge in [0.25, 0.3) is 0 Å². The lowest BCUT2D eigenvalue weighted by Gasteiger charge is -2.16. The smallest absolute Gasteiger partial charge is 0.167 e. The molecule has 3 rings (SSSR count). The molecule has 5 N–H and O–H groups in total. The molecule has 2 aromatic rings. The number of hydrogen-bond donors (Lipinski definition) is 4. The zero-order chi connectivity index (χ0) is 15.7. The van der Waals surface area contributed by atoms with Gasteiger partial charge in [0.05, 0.1) is 19.0 Å². The highest BCUT2D eigenvalue weighted by atomic mass is 32.2. The van der Waals surface area contributed by atoms with E-state index in [0.717, 1.165) is 0 Å². The van der Waals surface area contributed by atoms with E-state index in [0.29, 0.717) is 22.7 Å². The standard InChI is InChI=1S/C12H17N5O4S/c13-10-7-11(15-4-14-10)17(5-16-7)12-9(20)8(19)6(21-12)3-22-2-1-18/h4-6,8-9,12,18-20H,1-3H2,(H2,13,14,15)/t6-,8-,9-,12?/m1/s1. The number of aromatic nitrogens is 4. The van der Waals surface area contributed by atoms with Crippen LogP contribution in [0.25, 0.3) is 11.2 Å². The molecule has 1 fully saturated rings. The summed E-state index contributed by atoms with van der Waals surface area (Å²) in [5.74, 6) is 1.26. The van der Waals surface area contributed by atoms with Gasteiger partial charge < -0.3 is 25.8 Å². The van der Waals surface area contributed by atoms with E-state index in [1.54, 1.807) is 0 Å². The van der Waals surface area contributed by atoms with E-state index in [4.69, 9.17) is 15.6 Å². The number of nitrogens with zero attached hydrogens (tertiary/aromatic N) is 4. The molecular formula is C12H17N5O4S. The van der Waals surface area contributed by atoms with Gasteiger partial charge in [0.2, 0.25) is 0 Å². The summed E-state index contributed by atoms with van der Waals surface area (Å²) in [5.41, 5.74) is 6.59. The fourth-order valence-electron chi connectivity index (χ4n) is 2.42. The SMILES string of the molecule is Nc1ncnc2c1ncn2C1O[C@H](CSCCO)[C@@H](O)[C@H]1O. The van der Waals surface area contributed by atoms with Crippen LogP contribution in [0.3, 0.4) is 0 Å². The third-order valence-corrected chi connectivity index (χ3v) is 4.55. The first kappa shape index (κ1) is 15.4. The van der Waals surface area contributed by atoms with Crippen LogP contribution < -0.4 is 5.73 Å². The Morgan fingerprint density at radius 2 is 2.09 bits per heavy atom. The maximum Gasteiger partial charge on any atom is 0.167 e. The minimum absolute atomic E-state index is 0.0574. The molecule has 10 heteroatoms. The maximum absolute atomic E-state index is 10.2. The molecule has 0 radical (unpaired) electrons. The van der Waals surface area contributed by atoms with Crippen molar-refractivity contribution in [2.24, 2.45) is 0 Å². The Kier molecular flexibility index (Phi) is 4.45. The molecule has 0 aliphatic carbocycles. The zero-order valence-corrected chi connectivity index (χ0v) is 12.4. The normalized spacial score (nSPS) is 28.5. The van der Waals surface area contributed by atoms with Gasteiger partial charge >= 0.3 is 0 Å². The second kappa shape index (κ2) is 6.34. The molecule has 120 valence electrons. The van der Waals surface area contributed by atoms with Crippen LogP contribution in [0.2, 0.25) is 0 Å². The first-order valence-corrected chi connectivity index (χ1v) is 7.92. The number of aliphatic hydroxyl groups is 3. The molecule has 1 saturated heterocycles. The molecule has 0 amide bonds. The lowest BCUT2D eigenvalue weighted by molar-refractivity contribution is -0.0289. The molecule has 1 unspecified atom stereocenters. The van der Waals surface area contributed by atoms with Crippen molar-refractivity contribution >= 4 is 28.7 Å². The summed E-state index contributed by atoms with van der Waals surface area (Å²) in [6.45, 7) is 0.0574. The molecule has 0 bridgehead atoms. The first-order chi connectivity index (χ1) is 10.6. The Labute approximate surface area is 130 Å². The summed E-state index contributed by atoms with van der Waals surface area (Å²) in [4.78, 5) is 12.1. The quantitative estimate of drug-likeness (QED) is 0.496. The highest BCUT2D eigenvalue weighted by Crippen LogP contribution is 2.33. The minimum Gasteiger partial charge on any atom is -0.396 e. The predicted molar refractivity (Wildman–Crippen MR) is 80.1 cm³/mol. The highest BCUT2D eigenvalue weighted by molar-refractivity contribution is 7.99. The Bertz CT molecular complexity index is 653. The van der Waals surface area contributed by atoms with Crippen molar-refractivity contribution in [3.63, 3.8) is 0 Å². The molecule has 0 aromatic carbocycles. The van der Waals surface area contributed by atoms with Gasteiger partial charge in [-0.05, 0) is 0 Å². The minimum atomic E-state index is -1.10. The number of imidazole rings is 1. The van der Waals surface area contributed by atoms with Gasteiger partial charge in [-0.25, -0.2) is 15.0 Å². The molecule has 4 atom stereocenters. The summed E-state index contributed by atoms with van der Waals surface area (Å²) >= 11 is 1.45. The van der Waals surface area contributed by atoms with E-state index < -0.39 is 24.5 Å². The van der Waals surface area contributed by atoms with E-state index in [2.05, 4.69) is 15.0 Å². The third-order valence-electron chi connectivity index (χ3n) is 3.52. The van der Waals surface area contributed by atoms with E-state index in [1.165, 1.54) is 29.0 Å². The fourth-order valence-corrected chi connectivity index (χ4v) is 3.22. The molecule has 1 aliphatic heterocycles. The number of anilines is 1. The number of thioether (sulfide) groups is 1. The topological polar surface area (TPSA) is 140 Å². The second-order valence-corrected chi connectivity index (χ2v) is 6.08. The molecule has 1 aliphatic rings. The van der Waals surface area contributed by atoms with Crippen LogP contribution in [0.1, 0.15) is 6.23 Å². The molecule has 0 saturated carbocycles. The van der Waals surface area contributed by atoms with Crippen molar-refractivity contribution in [2.75, 3.05) is 23.8 Å². The van der Waals surface area contributed by atoms with Crippen molar-refractivity contribution in [1.29, 1.82) is 0 Å². The van der Waals surface area contributed by atoms with Gasteiger partial charge in [-0.3, -0.25) is 4.57 Å². The van der Waals surface area contributed by atoms with Gasteiger partial charge in [0, 0.05) is 11.5 Å². The summed E-state index contributed by atoms with van der Waals surface area (Å²) < 4.78 is 7.28. The Morgan fingerprint density at radius 3 is 2.86 bits per heavy atom. The number of nitrogen functional groups attached to an aromatic ring is 1. The van der Waals surface area contributed by atoms with E-state index in [9.17, 15) is 10.2 Å². The molecule has 22 heavy (non-hydrogen) atoms. The zero-order valence-electron chi connectivity index (χ0n) is 11.6. The summed E-state index contributed by atoms with van der Waals surface area (Å²) in [5, 5.41) is 29.1. The van der Waals surface area contributed by atoms with Gasteiger partial charge in [0.15, 0.2) is 17.7 Å². The Hall–Kier alpha value is -1.46. The number of hydrogen-bond acceptors (Lipinski definition) is 9. The number of fused-ring (bicyclic) bond motifs is 1. The number of nitrogens with two attached hydrogens (primary N) is 1. The predicted octanol–water partition coefficient (Wildman–Crippen LogP) is -1.25. The fraction of sp³-hybridized carbons (Fsp3) is 0.583. The van der Waals surface area contributed by atoms with Gasteiger partial charge in [-0.1, -0.05) is 0 Å². The van der Waals surface area contributed by atoms with Crippen LogP contribution in [0.15, 0.2) is 12.7 Å². The van der Waals surface area contributed by atoms with Gasteiger partial charge in [-0.15, -0.1) is 0 Å². The molecule has 3 heterocycles. The van der Waals surface area contributed by atoms with Crippen LogP contribution in [0.5, 0.6) is 0 Å². The van der Waals surface area contributed by atoms with Crippen LogP contribution in [-0.2, 0) is 4.74 Å². The van der Waals surface area contributed by atoms with Crippen molar-refractivity contribution in [2.45, 2.75) is 24.5 Å². The monoisotopic (exact) mass is 327 g/mol. The lowest BCUT2D eigenvalue weighted by atomic mass is 10.1. The maximum atomic E-state index is 10.2. The first-order valence-electron chi connectivity index (χ1n) is 6.76. The molecule has 9 nitrogen and oxygen atoms in total. The summed E-state index contributed by atoms with van der Waals surface area (Å²) in [6.07, 6.45) is -0.690. The third kappa shape index (κ3) is 2.63. The van der Waals surface area contributed by atoms with Crippen molar-refractivity contribution in [3.8, 4) is 0 Å². The average Bonchev–Trinajstić information content (AvgIpc) is 3.05. The number of rotatable bonds is 5. The van der Waals surface area contributed by atoms with Crippen molar-refractivity contribution in [3.05, 3.63) is 12.7 Å². The van der Waals surface area contributed by atoms with Crippen LogP contribution >= 0.6 is 11.8 Å². The van der Waals surface area contributed by atoms with Crippen molar-refractivity contribution < 1.29 is 20.1 Å². The van der Waals surface area contributed by atoms with E-state index in [-0.39, 0.29) is 12.4 Å². The van der Waals surface area contributed by atoms with Gasteiger partial charge in [0.1, 0.15) is 24.1 Å². The molecule has 0 spiro atoms.